The molecule has 5 nitrogen and oxygen atoms in total. The molecule has 0 aliphatic carbocycles. The fourth-order valence-electron chi connectivity index (χ4n) is 1.15. The van der Waals surface area contributed by atoms with Gasteiger partial charge in [-0.25, -0.2) is 4.79 Å². The molecule has 5 heteroatoms. The number of aliphatic hydroxyl groups is 1. The van der Waals surface area contributed by atoms with Crippen molar-refractivity contribution in [1.29, 1.82) is 0 Å². The van der Waals surface area contributed by atoms with E-state index in [0.717, 1.165) is 5.56 Å². The number of pyridine rings is 1. The molecule has 0 bridgehead atoms. The average molecular weight is 247 g/mol. The largest absolute Gasteiger partial charge is 0.507 e. The Kier molecular flexibility index (Phi) is 5.34. The number of aromatic hydroxyl groups is 1. The van der Waals surface area contributed by atoms with Gasteiger partial charge in [0.15, 0.2) is 0 Å². The first-order valence-corrected chi connectivity index (χ1v) is 5.16. The molecule has 0 amide bonds. The number of para-hydroxylation sites is 1. The van der Waals surface area contributed by atoms with Crippen molar-refractivity contribution in [3.63, 3.8) is 0 Å². The van der Waals surface area contributed by atoms with Crippen LogP contribution in [-0.4, -0.2) is 26.3 Å². The molecule has 18 heavy (non-hydrogen) atoms. The van der Waals surface area contributed by atoms with Gasteiger partial charge in [-0.3, -0.25) is 4.98 Å². The quantitative estimate of drug-likeness (QED) is 0.750. The summed E-state index contributed by atoms with van der Waals surface area (Å²) in [5.41, 5.74) is 0.787. The van der Waals surface area contributed by atoms with Crippen LogP contribution in [0.3, 0.4) is 0 Å². The Hall–Kier alpha value is -2.40. The number of aliphatic hydroxyl groups excluding tert-OH is 1. The maximum Gasteiger partial charge on any atom is 0.339 e. The van der Waals surface area contributed by atoms with E-state index in [1.165, 1.54) is 12.1 Å². The smallest absolute Gasteiger partial charge is 0.339 e. The zero-order chi connectivity index (χ0) is 13.4. The minimum Gasteiger partial charge on any atom is -0.507 e. The molecule has 0 atom stereocenters. The molecule has 2 aromatic rings. The van der Waals surface area contributed by atoms with Gasteiger partial charge in [0.1, 0.15) is 11.3 Å². The highest BCUT2D eigenvalue weighted by atomic mass is 16.4. The first-order chi connectivity index (χ1) is 8.65. The van der Waals surface area contributed by atoms with Crippen LogP contribution in [0.15, 0.2) is 48.8 Å². The highest BCUT2D eigenvalue weighted by molar-refractivity contribution is 5.90. The van der Waals surface area contributed by atoms with Gasteiger partial charge in [-0.15, -0.1) is 0 Å². The van der Waals surface area contributed by atoms with E-state index in [1.807, 2.05) is 6.07 Å². The van der Waals surface area contributed by atoms with Crippen LogP contribution in [-0.2, 0) is 6.61 Å². The van der Waals surface area contributed by atoms with E-state index in [0.29, 0.717) is 0 Å². The van der Waals surface area contributed by atoms with E-state index in [-0.39, 0.29) is 17.9 Å². The molecule has 0 aliphatic heterocycles. The van der Waals surface area contributed by atoms with E-state index in [9.17, 15) is 4.79 Å². The van der Waals surface area contributed by atoms with Crippen LogP contribution in [0.4, 0.5) is 0 Å². The van der Waals surface area contributed by atoms with E-state index < -0.39 is 5.97 Å². The number of aromatic nitrogens is 1. The van der Waals surface area contributed by atoms with E-state index in [1.54, 1.807) is 30.6 Å². The number of rotatable bonds is 2. The first-order valence-electron chi connectivity index (χ1n) is 5.16. The second kappa shape index (κ2) is 7.03. The summed E-state index contributed by atoms with van der Waals surface area (Å²) in [6, 6.07) is 9.44. The van der Waals surface area contributed by atoms with Gasteiger partial charge in [-0.05, 0) is 23.8 Å². The van der Waals surface area contributed by atoms with Crippen LogP contribution < -0.4 is 0 Å². The Labute approximate surface area is 104 Å². The van der Waals surface area contributed by atoms with Crippen molar-refractivity contribution in [2.45, 2.75) is 6.61 Å². The summed E-state index contributed by atoms with van der Waals surface area (Å²) in [4.78, 5) is 14.1. The number of carboxylic acid groups (broad SMARTS) is 1. The summed E-state index contributed by atoms with van der Waals surface area (Å²) < 4.78 is 0. The molecule has 94 valence electrons. The minimum atomic E-state index is -1.11. The zero-order valence-corrected chi connectivity index (χ0v) is 9.52. The van der Waals surface area contributed by atoms with Crippen molar-refractivity contribution < 1.29 is 20.1 Å². The molecule has 1 aromatic carbocycles. The van der Waals surface area contributed by atoms with Crippen molar-refractivity contribution in [3.8, 4) is 5.75 Å². The maximum absolute atomic E-state index is 10.3. The second-order valence-corrected chi connectivity index (χ2v) is 3.34. The Morgan fingerprint density at radius 1 is 1.17 bits per heavy atom. The van der Waals surface area contributed by atoms with Crippen LogP contribution in [0.2, 0.25) is 0 Å². The van der Waals surface area contributed by atoms with Gasteiger partial charge in [0, 0.05) is 12.4 Å². The lowest BCUT2D eigenvalue weighted by Crippen LogP contribution is -1.95. The summed E-state index contributed by atoms with van der Waals surface area (Å²) in [6.45, 7) is 0.0772. The summed E-state index contributed by atoms with van der Waals surface area (Å²) in [5, 5.41) is 25.8. The lowest BCUT2D eigenvalue weighted by atomic mass is 10.2. The fourth-order valence-corrected chi connectivity index (χ4v) is 1.15. The maximum atomic E-state index is 10.3. The van der Waals surface area contributed by atoms with Crippen LogP contribution in [0.1, 0.15) is 15.9 Å². The molecular formula is C13H13NO4. The topological polar surface area (TPSA) is 90.7 Å². The van der Waals surface area contributed by atoms with E-state index >= 15 is 0 Å². The van der Waals surface area contributed by atoms with Gasteiger partial charge < -0.3 is 15.3 Å². The zero-order valence-electron chi connectivity index (χ0n) is 9.52. The number of hydrogen-bond donors (Lipinski definition) is 3. The minimum absolute atomic E-state index is 0.0671. The molecule has 3 N–H and O–H groups in total. The van der Waals surface area contributed by atoms with Crippen LogP contribution in [0.25, 0.3) is 0 Å². The number of aromatic carboxylic acids is 1. The number of nitrogens with zero attached hydrogens (tertiary/aromatic N) is 1. The van der Waals surface area contributed by atoms with Gasteiger partial charge in [-0.1, -0.05) is 18.2 Å². The highest BCUT2D eigenvalue weighted by Crippen LogP contribution is 2.14. The molecule has 0 saturated heterocycles. The molecule has 0 aliphatic rings. The van der Waals surface area contributed by atoms with Crippen molar-refractivity contribution in [1.82, 2.24) is 4.98 Å². The van der Waals surface area contributed by atoms with Gasteiger partial charge in [-0.2, -0.15) is 0 Å². The first kappa shape index (κ1) is 13.7. The number of carboxylic acids is 1. The van der Waals surface area contributed by atoms with Gasteiger partial charge >= 0.3 is 5.97 Å². The number of benzene rings is 1. The molecule has 0 fully saturated rings. The monoisotopic (exact) mass is 247 g/mol. The lowest BCUT2D eigenvalue weighted by Gasteiger charge is -1.95. The van der Waals surface area contributed by atoms with Gasteiger partial charge in [0.05, 0.1) is 6.61 Å². The molecule has 1 aromatic heterocycles. The Morgan fingerprint density at radius 3 is 2.28 bits per heavy atom. The fraction of sp³-hybridized carbons (Fsp3) is 0.0769. The Bertz CT molecular complexity index is 499. The van der Waals surface area contributed by atoms with Gasteiger partial charge in [0.25, 0.3) is 0 Å². The third-order valence-corrected chi connectivity index (χ3v) is 2.04. The third kappa shape index (κ3) is 4.23. The van der Waals surface area contributed by atoms with E-state index in [4.69, 9.17) is 15.3 Å². The SMILES string of the molecule is O=C(O)c1ccccc1O.OCc1cccnc1. The van der Waals surface area contributed by atoms with Crippen molar-refractivity contribution in [2.24, 2.45) is 0 Å². The molecule has 0 saturated carbocycles. The van der Waals surface area contributed by atoms with Crippen LogP contribution in [0, 0.1) is 0 Å². The Balaban J connectivity index is 0.000000184. The number of carbonyl (C=O) groups is 1. The normalized spacial score (nSPS) is 9.17. The number of phenols is 1. The van der Waals surface area contributed by atoms with Gasteiger partial charge in [0.2, 0.25) is 0 Å². The molecule has 0 radical (unpaired) electrons. The third-order valence-electron chi connectivity index (χ3n) is 2.04. The Morgan fingerprint density at radius 2 is 1.89 bits per heavy atom. The molecular weight excluding hydrogens is 234 g/mol. The van der Waals surface area contributed by atoms with Crippen LogP contribution >= 0.6 is 0 Å². The highest BCUT2D eigenvalue weighted by Gasteiger charge is 2.05. The van der Waals surface area contributed by atoms with Crippen molar-refractivity contribution in [3.05, 3.63) is 59.9 Å². The predicted octanol–water partition coefficient (Wildman–Crippen LogP) is 1.66. The second-order valence-electron chi connectivity index (χ2n) is 3.34. The summed E-state index contributed by atoms with van der Waals surface area (Å²) in [7, 11) is 0. The summed E-state index contributed by atoms with van der Waals surface area (Å²) in [5.74, 6) is -1.31. The summed E-state index contributed by atoms with van der Waals surface area (Å²) >= 11 is 0. The number of hydrogen-bond acceptors (Lipinski definition) is 4. The van der Waals surface area contributed by atoms with Crippen molar-refractivity contribution >= 4 is 5.97 Å². The standard InChI is InChI=1S/C7H6O3.C6H7NO/c8-6-4-2-1-3-5(6)7(9)10;8-5-6-2-1-3-7-4-6/h1-4,8H,(H,9,10);1-4,8H,5H2. The average Bonchev–Trinajstić information content (AvgIpc) is 2.40. The predicted molar refractivity (Wildman–Crippen MR) is 65.2 cm³/mol. The lowest BCUT2D eigenvalue weighted by molar-refractivity contribution is 0.0693. The summed E-state index contributed by atoms with van der Waals surface area (Å²) in [6.07, 6.45) is 3.32. The molecule has 2 rings (SSSR count). The molecule has 1 heterocycles. The van der Waals surface area contributed by atoms with Crippen LogP contribution in [0.5, 0.6) is 5.75 Å². The van der Waals surface area contributed by atoms with E-state index in [2.05, 4.69) is 4.98 Å². The molecule has 0 spiro atoms. The van der Waals surface area contributed by atoms with Crippen molar-refractivity contribution in [2.75, 3.05) is 0 Å². The molecule has 0 unspecified atom stereocenters.